The SMILES string of the molecule is C[C@H](C(=O)Nc1ccc(OC(F)(F)F)cc1)[NH+](C)Cc1nc2ccccc2s1. The van der Waals surface area contributed by atoms with E-state index in [1.54, 1.807) is 18.3 Å². The quantitative estimate of drug-likeness (QED) is 0.656. The second kappa shape index (κ2) is 8.15. The van der Waals surface area contributed by atoms with E-state index >= 15 is 0 Å². The van der Waals surface area contributed by atoms with Crippen LogP contribution in [0.3, 0.4) is 0 Å². The third-order valence-electron chi connectivity index (χ3n) is 4.26. The molecular weight excluding hydrogens is 391 g/mol. The maximum atomic E-state index is 12.5. The number of carbonyl (C=O) groups is 1. The van der Waals surface area contributed by atoms with Crippen molar-refractivity contribution < 1.29 is 27.6 Å². The molecule has 0 fully saturated rings. The summed E-state index contributed by atoms with van der Waals surface area (Å²) in [7, 11) is 1.90. The van der Waals surface area contributed by atoms with E-state index in [0.717, 1.165) is 32.3 Å². The van der Waals surface area contributed by atoms with Gasteiger partial charge in [0.25, 0.3) is 5.91 Å². The molecule has 0 bridgehead atoms. The summed E-state index contributed by atoms with van der Waals surface area (Å²) >= 11 is 1.60. The average Bonchev–Trinajstić information content (AvgIpc) is 3.03. The number of para-hydroxylation sites is 1. The van der Waals surface area contributed by atoms with Crippen molar-refractivity contribution >= 4 is 33.1 Å². The van der Waals surface area contributed by atoms with Gasteiger partial charge in [-0.05, 0) is 43.3 Å². The number of aromatic nitrogens is 1. The number of benzene rings is 2. The molecule has 3 aromatic rings. The first-order chi connectivity index (χ1) is 13.2. The minimum Gasteiger partial charge on any atom is -0.406 e. The summed E-state index contributed by atoms with van der Waals surface area (Å²) in [5, 5.41) is 3.65. The summed E-state index contributed by atoms with van der Waals surface area (Å²) in [6, 6.07) is 12.5. The van der Waals surface area contributed by atoms with Crippen LogP contribution >= 0.6 is 11.3 Å². The lowest BCUT2D eigenvalue weighted by Crippen LogP contribution is -3.12. The number of nitrogens with zero attached hydrogens (tertiary/aromatic N) is 1. The molecule has 148 valence electrons. The minimum atomic E-state index is -4.74. The third-order valence-corrected chi connectivity index (χ3v) is 5.29. The highest BCUT2D eigenvalue weighted by molar-refractivity contribution is 7.18. The van der Waals surface area contributed by atoms with E-state index in [9.17, 15) is 18.0 Å². The third kappa shape index (κ3) is 5.20. The van der Waals surface area contributed by atoms with E-state index in [1.807, 2.05) is 31.3 Å². The number of ether oxygens (including phenoxy) is 1. The van der Waals surface area contributed by atoms with Crippen LogP contribution < -0.4 is 15.0 Å². The summed E-state index contributed by atoms with van der Waals surface area (Å²) in [4.78, 5) is 18.0. The van der Waals surface area contributed by atoms with Crippen molar-refractivity contribution in [1.82, 2.24) is 4.98 Å². The van der Waals surface area contributed by atoms with Crippen molar-refractivity contribution in [3.8, 4) is 5.75 Å². The first kappa shape index (κ1) is 20.1. The zero-order valence-electron chi connectivity index (χ0n) is 15.2. The van der Waals surface area contributed by atoms with Gasteiger partial charge >= 0.3 is 6.36 Å². The Morgan fingerprint density at radius 1 is 1.21 bits per heavy atom. The molecule has 2 aromatic carbocycles. The summed E-state index contributed by atoms with van der Waals surface area (Å²) in [6.07, 6.45) is -4.74. The number of fused-ring (bicyclic) bond motifs is 1. The number of likely N-dealkylation sites (N-methyl/N-ethyl adjacent to an activating group) is 1. The number of halogens is 3. The number of amides is 1. The first-order valence-corrected chi connectivity index (χ1v) is 9.36. The molecule has 0 aliphatic rings. The molecule has 1 heterocycles. The van der Waals surface area contributed by atoms with E-state index in [-0.39, 0.29) is 17.7 Å². The number of alkyl halides is 3. The Morgan fingerprint density at radius 3 is 2.54 bits per heavy atom. The van der Waals surface area contributed by atoms with Gasteiger partial charge in [-0.3, -0.25) is 4.79 Å². The highest BCUT2D eigenvalue weighted by Gasteiger charge is 2.31. The Bertz CT molecular complexity index is 924. The lowest BCUT2D eigenvalue weighted by Gasteiger charge is -2.20. The van der Waals surface area contributed by atoms with E-state index in [4.69, 9.17) is 0 Å². The summed E-state index contributed by atoms with van der Waals surface area (Å²) in [5.74, 6) is -0.569. The molecule has 1 aromatic heterocycles. The molecule has 0 aliphatic carbocycles. The van der Waals surface area contributed by atoms with Crippen LogP contribution in [0.4, 0.5) is 18.9 Å². The maximum Gasteiger partial charge on any atom is 0.573 e. The predicted octanol–water partition coefficient (Wildman–Crippen LogP) is 3.24. The molecule has 9 heteroatoms. The van der Waals surface area contributed by atoms with Crippen LogP contribution in [0.5, 0.6) is 5.75 Å². The summed E-state index contributed by atoms with van der Waals surface area (Å²) in [5.41, 5.74) is 1.34. The number of nitrogens with one attached hydrogen (secondary N) is 2. The van der Waals surface area contributed by atoms with Crippen molar-refractivity contribution in [2.45, 2.75) is 25.9 Å². The summed E-state index contributed by atoms with van der Waals surface area (Å²) in [6.45, 7) is 2.38. The molecule has 0 saturated carbocycles. The lowest BCUT2D eigenvalue weighted by molar-refractivity contribution is -0.907. The fraction of sp³-hybridized carbons (Fsp3) is 0.263. The van der Waals surface area contributed by atoms with Gasteiger partial charge in [0.15, 0.2) is 6.04 Å². The van der Waals surface area contributed by atoms with Crippen molar-refractivity contribution in [2.75, 3.05) is 12.4 Å². The van der Waals surface area contributed by atoms with Crippen LogP contribution in [-0.2, 0) is 11.3 Å². The smallest absolute Gasteiger partial charge is 0.406 e. The number of quaternary nitrogens is 1. The van der Waals surface area contributed by atoms with E-state index < -0.39 is 6.36 Å². The molecule has 0 spiro atoms. The van der Waals surface area contributed by atoms with Crippen LogP contribution in [0.2, 0.25) is 0 Å². The van der Waals surface area contributed by atoms with Gasteiger partial charge in [-0.15, -0.1) is 24.5 Å². The van der Waals surface area contributed by atoms with Gasteiger partial charge < -0.3 is 15.0 Å². The second-order valence-electron chi connectivity index (χ2n) is 6.38. The Morgan fingerprint density at radius 2 is 1.89 bits per heavy atom. The molecule has 1 unspecified atom stereocenters. The molecular formula is C19H19F3N3O2S+. The van der Waals surface area contributed by atoms with Gasteiger partial charge in [-0.25, -0.2) is 4.98 Å². The standard InChI is InChI=1S/C19H18F3N3O2S/c1-12(25(2)11-17-24-15-5-3-4-6-16(15)28-17)18(26)23-13-7-9-14(10-8-13)27-19(20,21)22/h3-10,12H,11H2,1-2H3,(H,23,26)/p+1/t12-/m1/s1. The highest BCUT2D eigenvalue weighted by atomic mass is 32.1. The predicted molar refractivity (Wildman–Crippen MR) is 101 cm³/mol. The summed E-state index contributed by atoms with van der Waals surface area (Å²) < 4.78 is 41.5. The Kier molecular flexibility index (Phi) is 5.85. The molecule has 2 N–H and O–H groups in total. The lowest BCUT2D eigenvalue weighted by atomic mass is 10.2. The molecule has 0 radical (unpaired) electrons. The average molecular weight is 410 g/mol. The van der Waals surface area contributed by atoms with Crippen molar-refractivity contribution in [1.29, 1.82) is 0 Å². The number of carbonyl (C=O) groups excluding carboxylic acids is 1. The van der Waals surface area contributed by atoms with Crippen LogP contribution in [0.25, 0.3) is 10.2 Å². The minimum absolute atomic E-state index is 0.233. The molecule has 5 nitrogen and oxygen atoms in total. The molecule has 0 saturated heterocycles. The highest BCUT2D eigenvalue weighted by Crippen LogP contribution is 2.24. The number of hydrogen-bond acceptors (Lipinski definition) is 4. The van der Waals surface area contributed by atoms with Gasteiger partial charge in [-0.2, -0.15) is 0 Å². The molecule has 0 aliphatic heterocycles. The Balaban J connectivity index is 1.58. The van der Waals surface area contributed by atoms with E-state index in [2.05, 4.69) is 15.0 Å². The van der Waals surface area contributed by atoms with Crippen LogP contribution in [0, 0.1) is 0 Å². The molecule has 28 heavy (non-hydrogen) atoms. The van der Waals surface area contributed by atoms with Crippen molar-refractivity contribution in [3.63, 3.8) is 0 Å². The van der Waals surface area contributed by atoms with Crippen molar-refractivity contribution in [3.05, 3.63) is 53.5 Å². The number of anilines is 1. The molecule has 2 atom stereocenters. The van der Waals surface area contributed by atoms with Crippen LogP contribution in [-0.4, -0.2) is 30.3 Å². The number of thiazole rings is 1. The van der Waals surface area contributed by atoms with Gasteiger partial charge in [0.2, 0.25) is 0 Å². The van der Waals surface area contributed by atoms with Crippen LogP contribution in [0.1, 0.15) is 11.9 Å². The first-order valence-electron chi connectivity index (χ1n) is 8.55. The van der Waals surface area contributed by atoms with Crippen LogP contribution in [0.15, 0.2) is 48.5 Å². The topological polar surface area (TPSA) is 55.7 Å². The zero-order valence-corrected chi connectivity index (χ0v) is 16.0. The van der Waals surface area contributed by atoms with Gasteiger partial charge in [0.05, 0.1) is 17.3 Å². The molecule has 3 rings (SSSR count). The van der Waals surface area contributed by atoms with Gasteiger partial charge in [0, 0.05) is 5.69 Å². The van der Waals surface area contributed by atoms with Gasteiger partial charge in [-0.1, -0.05) is 12.1 Å². The normalized spacial score (nSPS) is 13.9. The second-order valence-corrected chi connectivity index (χ2v) is 7.50. The van der Waals surface area contributed by atoms with E-state index in [0.29, 0.717) is 12.2 Å². The van der Waals surface area contributed by atoms with Crippen molar-refractivity contribution in [2.24, 2.45) is 0 Å². The maximum absolute atomic E-state index is 12.5. The van der Waals surface area contributed by atoms with Gasteiger partial charge in [0.1, 0.15) is 17.3 Å². The number of hydrogen-bond donors (Lipinski definition) is 2. The molecule has 1 amide bonds. The Labute approximate surface area is 163 Å². The fourth-order valence-electron chi connectivity index (χ4n) is 2.60. The Hall–Kier alpha value is -2.65. The zero-order chi connectivity index (χ0) is 20.3. The largest absolute Gasteiger partial charge is 0.573 e. The monoisotopic (exact) mass is 410 g/mol. The number of rotatable bonds is 6. The van der Waals surface area contributed by atoms with E-state index in [1.165, 1.54) is 12.1 Å². The fourth-order valence-corrected chi connectivity index (χ4v) is 3.66.